The van der Waals surface area contributed by atoms with Crippen molar-refractivity contribution < 1.29 is 0 Å². The average molecular weight is 388 g/mol. The molecule has 133 valence electrons. The van der Waals surface area contributed by atoms with E-state index in [0.717, 1.165) is 43.4 Å². The molecule has 0 saturated heterocycles. The predicted octanol–water partition coefficient (Wildman–Crippen LogP) is 4.08. The van der Waals surface area contributed by atoms with Gasteiger partial charge in [-0.15, -0.1) is 35.0 Å². The molecule has 0 aliphatic carbocycles. The van der Waals surface area contributed by atoms with Gasteiger partial charge in [0, 0.05) is 29.3 Å². The topological polar surface area (TPSA) is 41.0 Å². The average Bonchev–Trinajstić information content (AvgIpc) is 2.58. The number of nitrogens with one attached hydrogen (secondary N) is 1. The van der Waals surface area contributed by atoms with Gasteiger partial charge >= 0.3 is 0 Å². The van der Waals surface area contributed by atoms with Crippen LogP contribution in [0.5, 0.6) is 0 Å². The lowest BCUT2D eigenvalue weighted by molar-refractivity contribution is 0.316. The molecule has 0 fully saturated rings. The maximum absolute atomic E-state index is 4.47. The number of halogens is 2. The zero-order chi connectivity index (χ0) is 15.4. The van der Waals surface area contributed by atoms with E-state index in [1.54, 1.807) is 0 Å². The van der Waals surface area contributed by atoms with Crippen LogP contribution in [0.4, 0.5) is 5.82 Å². The number of nitrogens with zero attached hydrogens (tertiary/aromatic N) is 3. The van der Waals surface area contributed by atoms with E-state index >= 15 is 0 Å². The molecule has 1 N–H and O–H groups in total. The number of anilines is 1. The van der Waals surface area contributed by atoms with Crippen LogP contribution in [0.15, 0.2) is 35.2 Å². The molecule has 0 saturated carbocycles. The molecule has 2 heterocycles. The molecule has 1 aliphatic heterocycles. The summed E-state index contributed by atoms with van der Waals surface area (Å²) < 4.78 is 0. The van der Waals surface area contributed by atoms with Crippen molar-refractivity contribution in [2.24, 2.45) is 0 Å². The Morgan fingerprint density at radius 3 is 2.62 bits per heavy atom. The Morgan fingerprint density at radius 1 is 1.12 bits per heavy atom. The van der Waals surface area contributed by atoms with Crippen LogP contribution >= 0.6 is 36.6 Å². The lowest BCUT2D eigenvalue weighted by Crippen LogP contribution is -2.28. The van der Waals surface area contributed by atoms with Gasteiger partial charge in [0.25, 0.3) is 0 Å². The summed E-state index contributed by atoms with van der Waals surface area (Å²) >= 11 is 1.35. The highest BCUT2D eigenvalue weighted by atomic mass is 35.5. The minimum absolute atomic E-state index is 0. The normalized spacial score (nSPS) is 11.8. The van der Waals surface area contributed by atoms with E-state index in [2.05, 4.69) is 64.6 Å². The molecule has 0 amide bonds. The van der Waals surface area contributed by atoms with E-state index in [1.807, 2.05) is 0 Å². The van der Waals surface area contributed by atoms with Crippen molar-refractivity contribution in [1.82, 2.24) is 15.1 Å². The summed E-state index contributed by atoms with van der Waals surface area (Å²) in [5.74, 6) is 1.91. The molecule has 0 atom stereocenters. The fourth-order valence-electron chi connectivity index (χ4n) is 2.73. The van der Waals surface area contributed by atoms with Crippen molar-refractivity contribution in [3.05, 3.63) is 35.9 Å². The molecular formula is C17H25Cl2N4S. The molecule has 4 nitrogen and oxygen atoms in total. The third-order valence-electron chi connectivity index (χ3n) is 4.08. The standard InChI is InChI=1S/C17H23N4S.2ClH/c1-3-21(4-2)10-9-18-16-11-13-12-22-15-8-6-5-7-14(15)17(13)20-19-16;;/h5-8,11,22H,3-4,9-10,12H2,1-2H3,(H,18,19);2*1H. The zero-order valence-electron chi connectivity index (χ0n) is 14.0. The maximum Gasteiger partial charge on any atom is 0.149 e. The van der Waals surface area contributed by atoms with Gasteiger partial charge < -0.3 is 10.2 Å². The molecule has 1 aromatic carbocycles. The zero-order valence-corrected chi connectivity index (χ0v) is 16.6. The van der Waals surface area contributed by atoms with Gasteiger partial charge in [0.1, 0.15) is 5.82 Å². The number of fused-ring (bicyclic) bond motifs is 3. The van der Waals surface area contributed by atoms with Gasteiger partial charge in [-0.1, -0.05) is 32.0 Å². The summed E-state index contributed by atoms with van der Waals surface area (Å²) in [6, 6.07) is 10.6. The van der Waals surface area contributed by atoms with E-state index in [-0.39, 0.29) is 24.8 Å². The summed E-state index contributed by atoms with van der Waals surface area (Å²) in [5, 5.41) is 12.2. The van der Waals surface area contributed by atoms with Gasteiger partial charge in [-0.25, -0.2) is 0 Å². The number of hydrogen-bond donors (Lipinski definition) is 2. The SMILES string of the molecule is CCN(CC)CCNc1cc2c(nn1)-c1ccccc1[SH]C2.Cl.Cl. The number of benzene rings is 1. The smallest absolute Gasteiger partial charge is 0.149 e. The highest BCUT2D eigenvalue weighted by Gasteiger charge is 2.17. The quantitative estimate of drug-likeness (QED) is 0.732. The first-order valence-corrected chi connectivity index (χ1v) is 8.99. The third kappa shape index (κ3) is 4.76. The summed E-state index contributed by atoms with van der Waals surface area (Å²) in [7, 11) is 0. The van der Waals surface area contributed by atoms with Crippen molar-refractivity contribution in [3.63, 3.8) is 0 Å². The monoisotopic (exact) mass is 387 g/mol. The van der Waals surface area contributed by atoms with Crippen molar-refractivity contribution in [2.75, 3.05) is 31.5 Å². The molecular weight excluding hydrogens is 363 g/mol. The van der Waals surface area contributed by atoms with Gasteiger partial charge in [0.2, 0.25) is 0 Å². The number of aromatic nitrogens is 2. The molecule has 1 aromatic heterocycles. The first kappa shape index (κ1) is 21.0. The predicted molar refractivity (Wildman–Crippen MR) is 109 cm³/mol. The molecule has 24 heavy (non-hydrogen) atoms. The van der Waals surface area contributed by atoms with E-state index in [1.165, 1.54) is 27.8 Å². The van der Waals surface area contributed by atoms with Gasteiger partial charge in [-0.2, -0.15) is 11.8 Å². The Morgan fingerprint density at radius 2 is 1.88 bits per heavy atom. The first-order valence-electron chi connectivity index (χ1n) is 7.91. The lowest BCUT2D eigenvalue weighted by atomic mass is 10.1. The molecule has 0 spiro atoms. The highest BCUT2D eigenvalue weighted by molar-refractivity contribution is 7.98. The van der Waals surface area contributed by atoms with Gasteiger partial charge in [-0.05, 0) is 30.8 Å². The number of hydrogen-bond acceptors (Lipinski definition) is 4. The van der Waals surface area contributed by atoms with Gasteiger partial charge in [0.15, 0.2) is 0 Å². The highest BCUT2D eigenvalue weighted by Crippen LogP contribution is 2.40. The second kappa shape index (κ2) is 10.1. The number of thiol groups is 1. The maximum atomic E-state index is 4.47. The third-order valence-corrected chi connectivity index (χ3v) is 5.31. The van der Waals surface area contributed by atoms with Crippen molar-refractivity contribution in [3.8, 4) is 11.3 Å². The Hall–Kier alpha value is -1.01. The molecule has 0 bridgehead atoms. The van der Waals surface area contributed by atoms with Crippen LogP contribution in [0.1, 0.15) is 19.4 Å². The van der Waals surface area contributed by atoms with Crippen LogP contribution in [0.25, 0.3) is 11.3 Å². The summed E-state index contributed by atoms with van der Waals surface area (Å²) in [5.41, 5.74) is 3.57. The molecule has 2 aromatic rings. The Bertz CT molecular complexity index is 650. The van der Waals surface area contributed by atoms with E-state index in [9.17, 15) is 0 Å². The van der Waals surface area contributed by atoms with Gasteiger partial charge in [-0.3, -0.25) is 0 Å². The number of likely N-dealkylation sites (N-methyl/N-ethyl adjacent to an activating group) is 1. The molecule has 3 rings (SSSR count). The van der Waals surface area contributed by atoms with Crippen molar-refractivity contribution in [2.45, 2.75) is 24.5 Å². The van der Waals surface area contributed by atoms with E-state index in [4.69, 9.17) is 0 Å². The minimum atomic E-state index is 0. The van der Waals surface area contributed by atoms with Crippen LogP contribution in [0.3, 0.4) is 0 Å². The molecule has 0 unspecified atom stereocenters. The summed E-state index contributed by atoms with van der Waals surface area (Å²) in [6.07, 6.45) is 0. The molecule has 1 aliphatic rings. The fourth-order valence-corrected chi connectivity index (χ4v) is 3.85. The second-order valence-corrected chi connectivity index (χ2v) is 6.50. The van der Waals surface area contributed by atoms with Crippen LogP contribution in [-0.2, 0) is 5.75 Å². The Kier molecular flexibility index (Phi) is 8.84. The van der Waals surface area contributed by atoms with E-state index < -0.39 is 0 Å². The van der Waals surface area contributed by atoms with E-state index in [0.29, 0.717) is 0 Å². The van der Waals surface area contributed by atoms with Crippen molar-refractivity contribution in [1.29, 1.82) is 0 Å². The Labute approximate surface area is 160 Å². The van der Waals surface area contributed by atoms with Crippen LogP contribution < -0.4 is 5.32 Å². The van der Waals surface area contributed by atoms with Crippen LogP contribution in [0, 0.1) is 0 Å². The summed E-state index contributed by atoms with van der Waals surface area (Å²) in [6.45, 7) is 8.50. The van der Waals surface area contributed by atoms with Crippen molar-refractivity contribution >= 4 is 42.4 Å². The fraction of sp³-hybridized carbons (Fsp3) is 0.412. The number of rotatable bonds is 6. The van der Waals surface area contributed by atoms with Crippen LogP contribution in [0.2, 0.25) is 0 Å². The van der Waals surface area contributed by atoms with Crippen LogP contribution in [-0.4, -0.2) is 41.3 Å². The minimum Gasteiger partial charge on any atom is -0.367 e. The summed E-state index contributed by atoms with van der Waals surface area (Å²) in [4.78, 5) is 3.75. The van der Waals surface area contributed by atoms with Gasteiger partial charge in [0.05, 0.1) is 5.69 Å². The molecule has 1 radical (unpaired) electrons. The molecule has 7 heteroatoms. The second-order valence-electron chi connectivity index (χ2n) is 5.39. The largest absolute Gasteiger partial charge is 0.367 e. The lowest BCUT2D eigenvalue weighted by Gasteiger charge is -2.20. The Balaban J connectivity index is 0.00000144. The first-order chi connectivity index (χ1) is 10.8.